The van der Waals surface area contributed by atoms with E-state index in [0.717, 1.165) is 29.0 Å². The minimum atomic E-state index is -3.36. The molecule has 2 aromatic heterocycles. The van der Waals surface area contributed by atoms with Gasteiger partial charge < -0.3 is 5.11 Å². The Morgan fingerprint density at radius 2 is 1.84 bits per heavy atom. The molecule has 8 nitrogen and oxygen atoms in total. The predicted octanol–water partition coefficient (Wildman–Crippen LogP) is 4.28. The zero-order valence-electron chi connectivity index (χ0n) is 17.6. The van der Waals surface area contributed by atoms with E-state index in [-0.39, 0.29) is 16.5 Å². The van der Waals surface area contributed by atoms with Crippen LogP contribution in [0, 0.1) is 0 Å². The maximum Gasteiger partial charge on any atom is 0.356 e. The van der Waals surface area contributed by atoms with Gasteiger partial charge in [-0.3, -0.25) is 0 Å². The van der Waals surface area contributed by atoms with Gasteiger partial charge in [0.15, 0.2) is 21.4 Å². The largest absolute Gasteiger partial charge is 0.476 e. The molecule has 0 aliphatic rings. The summed E-state index contributed by atoms with van der Waals surface area (Å²) in [5, 5.41) is 14.3. The normalized spacial score (nSPS) is 11.8. The zero-order valence-corrected chi connectivity index (χ0v) is 19.2. The van der Waals surface area contributed by atoms with E-state index in [4.69, 9.17) is 0 Å². The van der Waals surface area contributed by atoms with E-state index < -0.39 is 15.8 Å². The van der Waals surface area contributed by atoms with Gasteiger partial charge in [-0.25, -0.2) is 22.9 Å². The van der Waals surface area contributed by atoms with E-state index >= 15 is 0 Å². The lowest BCUT2D eigenvalue weighted by Crippen LogP contribution is -2.06. The van der Waals surface area contributed by atoms with Gasteiger partial charge in [-0.2, -0.15) is 9.47 Å². The lowest BCUT2D eigenvalue weighted by Gasteiger charge is -2.14. The molecular formula is C22H20N4O4S2. The van der Waals surface area contributed by atoms with E-state index in [2.05, 4.69) is 14.5 Å². The van der Waals surface area contributed by atoms with Crippen molar-refractivity contribution in [2.75, 3.05) is 6.26 Å². The molecule has 2 aromatic carbocycles. The Bertz CT molecular complexity index is 1420. The van der Waals surface area contributed by atoms with Crippen molar-refractivity contribution in [2.24, 2.45) is 0 Å². The number of hydrogen-bond donors (Lipinski definition) is 1. The van der Waals surface area contributed by atoms with Gasteiger partial charge >= 0.3 is 5.97 Å². The molecule has 4 aromatic rings. The third-order valence-corrected chi connectivity index (χ3v) is 6.75. The first-order valence-electron chi connectivity index (χ1n) is 9.72. The number of sulfone groups is 1. The molecule has 2 heterocycles. The number of aromatic carboxylic acids is 1. The number of hydrogen-bond acceptors (Lipinski definition) is 7. The summed E-state index contributed by atoms with van der Waals surface area (Å²) >= 11 is 1.10. The molecular weight excluding hydrogens is 448 g/mol. The Hall–Kier alpha value is -3.37. The summed E-state index contributed by atoms with van der Waals surface area (Å²) in [7, 11) is -3.36. The lowest BCUT2D eigenvalue weighted by molar-refractivity contribution is 0.0690. The average Bonchev–Trinajstić information content (AvgIpc) is 3.40. The van der Waals surface area contributed by atoms with Crippen LogP contribution in [0.25, 0.3) is 27.8 Å². The van der Waals surface area contributed by atoms with E-state index in [1.165, 1.54) is 12.1 Å². The SMILES string of the molecule is CC(C)c1ccccc1-n1nc(C(=O)O)cc1-c1nsc(-c2cccc(S(C)(=O)=O)c2)n1. The highest BCUT2D eigenvalue weighted by Crippen LogP contribution is 2.31. The molecule has 0 atom stereocenters. The van der Waals surface area contributed by atoms with Crippen LogP contribution in [0.5, 0.6) is 0 Å². The highest BCUT2D eigenvalue weighted by Gasteiger charge is 2.22. The Labute approximate surface area is 189 Å². The molecule has 32 heavy (non-hydrogen) atoms. The molecule has 0 spiro atoms. The minimum absolute atomic E-state index is 0.117. The van der Waals surface area contributed by atoms with E-state index in [9.17, 15) is 18.3 Å². The first kappa shape index (κ1) is 21.8. The first-order chi connectivity index (χ1) is 15.1. The summed E-state index contributed by atoms with van der Waals surface area (Å²) in [6.45, 7) is 4.10. The Morgan fingerprint density at radius 1 is 1.09 bits per heavy atom. The van der Waals surface area contributed by atoms with Crippen LogP contribution in [0.3, 0.4) is 0 Å². The summed E-state index contributed by atoms with van der Waals surface area (Å²) in [6.07, 6.45) is 1.15. The van der Waals surface area contributed by atoms with Crippen molar-refractivity contribution in [3.63, 3.8) is 0 Å². The molecule has 10 heteroatoms. The van der Waals surface area contributed by atoms with Crippen LogP contribution < -0.4 is 0 Å². The average molecular weight is 469 g/mol. The van der Waals surface area contributed by atoms with Crippen LogP contribution in [0.2, 0.25) is 0 Å². The Kier molecular flexibility index (Phi) is 5.66. The standard InChI is InChI=1S/C22H20N4O4S2/c1-13(2)16-9-4-5-10-18(16)26-19(12-17(24-26)22(27)28)20-23-21(31-25-20)14-7-6-8-15(11-14)32(3,29)30/h4-13H,1-3H3,(H,27,28). The summed E-state index contributed by atoms with van der Waals surface area (Å²) < 4.78 is 29.8. The monoisotopic (exact) mass is 468 g/mol. The molecule has 0 saturated carbocycles. The van der Waals surface area contributed by atoms with Crippen LogP contribution in [0.15, 0.2) is 59.5 Å². The molecule has 4 rings (SSSR count). The number of nitrogens with zero attached hydrogens (tertiary/aromatic N) is 4. The van der Waals surface area contributed by atoms with Crippen molar-refractivity contribution in [1.82, 2.24) is 19.1 Å². The van der Waals surface area contributed by atoms with Crippen molar-refractivity contribution >= 4 is 27.3 Å². The number of rotatable bonds is 6. The van der Waals surface area contributed by atoms with Crippen molar-refractivity contribution < 1.29 is 18.3 Å². The molecule has 1 N–H and O–H groups in total. The topological polar surface area (TPSA) is 115 Å². The zero-order chi connectivity index (χ0) is 23.0. The molecule has 0 aliphatic heterocycles. The van der Waals surface area contributed by atoms with Crippen molar-refractivity contribution in [2.45, 2.75) is 24.7 Å². The number of aromatic nitrogens is 4. The number of benzene rings is 2. The molecule has 0 saturated heterocycles. The maximum absolute atomic E-state index is 11.9. The first-order valence-corrected chi connectivity index (χ1v) is 12.4. The van der Waals surface area contributed by atoms with Gasteiger partial charge in [0.2, 0.25) is 0 Å². The van der Waals surface area contributed by atoms with E-state index in [0.29, 0.717) is 22.1 Å². The maximum atomic E-state index is 11.9. The minimum Gasteiger partial charge on any atom is -0.476 e. The third kappa shape index (κ3) is 4.19. The van der Waals surface area contributed by atoms with E-state index in [1.54, 1.807) is 22.9 Å². The number of carboxylic acid groups (broad SMARTS) is 1. The summed E-state index contributed by atoms with van der Waals surface area (Å²) in [6, 6.07) is 15.6. The van der Waals surface area contributed by atoms with Crippen molar-refractivity contribution in [3.8, 4) is 27.8 Å². The smallest absolute Gasteiger partial charge is 0.356 e. The summed E-state index contributed by atoms with van der Waals surface area (Å²) in [5.41, 5.74) is 2.69. The van der Waals surface area contributed by atoms with Crippen LogP contribution in [0.4, 0.5) is 0 Å². The molecule has 0 radical (unpaired) electrons. The van der Waals surface area contributed by atoms with Gasteiger partial charge in [0.1, 0.15) is 10.7 Å². The summed E-state index contributed by atoms with van der Waals surface area (Å²) in [4.78, 5) is 16.4. The predicted molar refractivity (Wildman–Crippen MR) is 122 cm³/mol. The molecule has 0 bridgehead atoms. The molecule has 0 aliphatic carbocycles. The molecule has 164 valence electrons. The van der Waals surface area contributed by atoms with Crippen LogP contribution in [0.1, 0.15) is 35.8 Å². The lowest BCUT2D eigenvalue weighted by atomic mass is 10.0. The van der Waals surface area contributed by atoms with Crippen LogP contribution in [-0.2, 0) is 9.84 Å². The van der Waals surface area contributed by atoms with Crippen molar-refractivity contribution in [1.29, 1.82) is 0 Å². The van der Waals surface area contributed by atoms with Crippen LogP contribution in [-0.4, -0.2) is 44.9 Å². The second-order valence-corrected chi connectivity index (χ2v) is 10.3. The number of para-hydroxylation sites is 1. The van der Waals surface area contributed by atoms with Gasteiger partial charge in [-0.1, -0.05) is 44.2 Å². The quantitative estimate of drug-likeness (QED) is 0.449. The summed E-state index contributed by atoms with van der Waals surface area (Å²) in [5.74, 6) is -0.647. The van der Waals surface area contributed by atoms with Gasteiger partial charge in [-0.05, 0) is 41.2 Å². The second-order valence-electron chi connectivity index (χ2n) is 7.57. The van der Waals surface area contributed by atoms with Gasteiger partial charge in [-0.15, -0.1) is 0 Å². The van der Waals surface area contributed by atoms with E-state index in [1.807, 2.05) is 38.1 Å². The highest BCUT2D eigenvalue weighted by atomic mass is 32.2. The van der Waals surface area contributed by atoms with Gasteiger partial charge in [0, 0.05) is 17.9 Å². The molecule has 0 fully saturated rings. The number of carbonyl (C=O) groups is 1. The molecule has 0 unspecified atom stereocenters. The van der Waals surface area contributed by atoms with Gasteiger partial charge in [0.25, 0.3) is 0 Å². The highest BCUT2D eigenvalue weighted by molar-refractivity contribution is 7.90. The van der Waals surface area contributed by atoms with Crippen LogP contribution >= 0.6 is 11.5 Å². The third-order valence-electron chi connectivity index (χ3n) is 4.88. The fourth-order valence-electron chi connectivity index (χ4n) is 3.30. The Balaban J connectivity index is 1.85. The van der Waals surface area contributed by atoms with Gasteiger partial charge in [0.05, 0.1) is 10.6 Å². The fraction of sp³-hybridized carbons (Fsp3) is 0.182. The fourth-order valence-corrected chi connectivity index (χ4v) is 4.64. The Morgan fingerprint density at radius 3 is 2.53 bits per heavy atom. The van der Waals surface area contributed by atoms with Crippen molar-refractivity contribution in [3.05, 3.63) is 65.9 Å². The molecule has 0 amide bonds. The second kappa shape index (κ2) is 8.29. The number of carboxylic acids is 1.